The van der Waals surface area contributed by atoms with Gasteiger partial charge in [-0.1, -0.05) is 0 Å². The number of carboxylic acid groups (broad SMARTS) is 1. The average molecular weight is 172 g/mol. The third kappa shape index (κ3) is 3.82. The number of carbonyl (C=O) groups is 1. The molecule has 1 atom stereocenters. The van der Waals surface area contributed by atoms with Gasteiger partial charge in [0.15, 0.2) is 0 Å². The molecule has 0 aliphatic carbocycles. The van der Waals surface area contributed by atoms with Gasteiger partial charge in [-0.3, -0.25) is 0 Å². The number of methoxy groups -OCH3 is 1. The quantitative estimate of drug-likeness (QED) is 0.488. The van der Waals surface area contributed by atoms with E-state index in [0.29, 0.717) is 0 Å². The Morgan fingerprint density at radius 2 is 2.25 bits per heavy atom. The second-order valence-electron chi connectivity index (χ2n) is 1.98. The van der Waals surface area contributed by atoms with Crippen LogP contribution in [0.4, 0.5) is 0 Å². The van der Waals surface area contributed by atoms with Crippen LogP contribution < -0.4 is 0 Å². The van der Waals surface area contributed by atoms with E-state index in [1.54, 1.807) is 13.8 Å². The van der Waals surface area contributed by atoms with Crippen LogP contribution >= 0.6 is 0 Å². The van der Waals surface area contributed by atoms with Crippen LogP contribution in [0.1, 0.15) is 13.8 Å². The predicted octanol–water partition coefficient (Wildman–Crippen LogP) is 0.553. The van der Waals surface area contributed by atoms with Crippen molar-refractivity contribution in [1.82, 2.24) is 0 Å². The van der Waals surface area contributed by atoms with Gasteiger partial charge in [0.25, 0.3) is 0 Å². The summed E-state index contributed by atoms with van der Waals surface area (Å²) in [7, 11) is 1.45. The molecule has 0 spiro atoms. The van der Waals surface area contributed by atoms with E-state index in [1.807, 2.05) is 0 Å². The SMILES string of the molecule is CC=NC(=NC(C)OC)C(=O)O. The van der Waals surface area contributed by atoms with E-state index in [-0.39, 0.29) is 5.84 Å². The first-order valence-corrected chi connectivity index (χ1v) is 3.44. The van der Waals surface area contributed by atoms with Crippen LogP contribution in [-0.2, 0) is 9.53 Å². The first kappa shape index (κ1) is 10.8. The molecule has 1 unspecified atom stereocenters. The topological polar surface area (TPSA) is 71.2 Å². The van der Waals surface area contributed by atoms with Crippen LogP contribution in [0.2, 0.25) is 0 Å². The molecule has 0 aromatic heterocycles. The fourth-order valence-corrected chi connectivity index (χ4v) is 0.491. The van der Waals surface area contributed by atoms with E-state index in [9.17, 15) is 4.79 Å². The molecule has 0 amide bonds. The normalized spacial score (nSPS) is 15.1. The molecular weight excluding hydrogens is 160 g/mol. The standard InChI is InChI=1S/C7H12N2O3/c1-4-8-6(7(10)11)9-5(2)12-3/h4-5H,1-3H3,(H,10,11). The van der Waals surface area contributed by atoms with Crippen molar-refractivity contribution in [2.45, 2.75) is 20.1 Å². The van der Waals surface area contributed by atoms with Crippen LogP contribution in [0.5, 0.6) is 0 Å². The van der Waals surface area contributed by atoms with E-state index >= 15 is 0 Å². The van der Waals surface area contributed by atoms with Crippen molar-refractivity contribution in [3.8, 4) is 0 Å². The minimum absolute atomic E-state index is 0.244. The van der Waals surface area contributed by atoms with Gasteiger partial charge in [0.05, 0.1) is 0 Å². The Kier molecular flexibility index (Phi) is 4.87. The minimum atomic E-state index is -1.16. The largest absolute Gasteiger partial charge is 0.475 e. The molecule has 1 N–H and O–H groups in total. The maximum Gasteiger partial charge on any atom is 0.373 e. The molecule has 0 saturated carbocycles. The number of hydrogen-bond donors (Lipinski definition) is 1. The van der Waals surface area contributed by atoms with Crippen molar-refractivity contribution in [2.75, 3.05) is 7.11 Å². The first-order chi connectivity index (χ1) is 5.61. The van der Waals surface area contributed by atoms with Crippen molar-refractivity contribution in [3.63, 3.8) is 0 Å². The van der Waals surface area contributed by atoms with Crippen molar-refractivity contribution >= 4 is 18.0 Å². The summed E-state index contributed by atoms with van der Waals surface area (Å²) < 4.78 is 4.75. The van der Waals surface area contributed by atoms with E-state index in [1.165, 1.54) is 13.3 Å². The zero-order valence-electron chi connectivity index (χ0n) is 7.31. The summed E-state index contributed by atoms with van der Waals surface area (Å²) in [6.45, 7) is 3.25. The Labute approximate surface area is 70.8 Å². The maximum absolute atomic E-state index is 10.4. The van der Waals surface area contributed by atoms with Crippen LogP contribution in [0, 0.1) is 0 Å². The van der Waals surface area contributed by atoms with Gasteiger partial charge in [-0.05, 0) is 13.8 Å². The van der Waals surface area contributed by atoms with E-state index in [2.05, 4.69) is 9.98 Å². The lowest BCUT2D eigenvalue weighted by molar-refractivity contribution is -0.129. The molecule has 0 radical (unpaired) electrons. The van der Waals surface area contributed by atoms with Crippen molar-refractivity contribution < 1.29 is 14.6 Å². The number of rotatable bonds is 2. The highest BCUT2D eigenvalue weighted by Crippen LogP contribution is 1.92. The van der Waals surface area contributed by atoms with Gasteiger partial charge in [0.2, 0.25) is 5.84 Å². The van der Waals surface area contributed by atoms with Gasteiger partial charge in [-0.2, -0.15) is 0 Å². The van der Waals surface area contributed by atoms with Gasteiger partial charge in [0, 0.05) is 13.3 Å². The van der Waals surface area contributed by atoms with Crippen LogP contribution in [-0.4, -0.2) is 36.5 Å². The molecule has 0 rings (SSSR count). The molecule has 0 fully saturated rings. The van der Waals surface area contributed by atoms with Gasteiger partial charge in [-0.15, -0.1) is 0 Å². The molecule has 12 heavy (non-hydrogen) atoms. The lowest BCUT2D eigenvalue weighted by Gasteiger charge is -2.02. The molecule has 0 aromatic carbocycles. The molecule has 68 valence electrons. The maximum atomic E-state index is 10.4. The summed E-state index contributed by atoms with van der Waals surface area (Å²) in [5.74, 6) is -1.40. The number of aliphatic imine (C=N–C) groups is 2. The zero-order chi connectivity index (χ0) is 9.56. The van der Waals surface area contributed by atoms with Gasteiger partial charge >= 0.3 is 5.97 Å². The minimum Gasteiger partial charge on any atom is -0.475 e. The summed E-state index contributed by atoms with van der Waals surface area (Å²) in [5, 5.41) is 8.55. The Hall–Kier alpha value is -1.23. The average Bonchev–Trinajstić information content (AvgIpc) is 2.03. The Balaban J connectivity index is 4.49. The lowest BCUT2D eigenvalue weighted by Crippen LogP contribution is -2.14. The summed E-state index contributed by atoms with van der Waals surface area (Å²) in [6, 6.07) is 0. The van der Waals surface area contributed by atoms with E-state index in [0.717, 1.165) is 0 Å². The Morgan fingerprint density at radius 1 is 1.67 bits per heavy atom. The number of aliphatic carboxylic acids is 1. The third-order valence-electron chi connectivity index (χ3n) is 1.09. The molecule has 0 heterocycles. The third-order valence-corrected chi connectivity index (χ3v) is 1.09. The molecule has 5 nitrogen and oxygen atoms in total. The molecule has 0 aliphatic rings. The summed E-state index contributed by atoms with van der Waals surface area (Å²) in [4.78, 5) is 17.7. The number of nitrogens with zero attached hydrogens (tertiary/aromatic N) is 2. The van der Waals surface area contributed by atoms with Crippen LogP contribution in [0.25, 0.3) is 0 Å². The van der Waals surface area contributed by atoms with Crippen molar-refractivity contribution in [2.24, 2.45) is 9.98 Å². The van der Waals surface area contributed by atoms with Gasteiger partial charge in [0.1, 0.15) is 6.23 Å². The van der Waals surface area contributed by atoms with E-state index in [4.69, 9.17) is 9.84 Å². The molecule has 0 bridgehead atoms. The fourth-order valence-electron chi connectivity index (χ4n) is 0.491. The van der Waals surface area contributed by atoms with E-state index < -0.39 is 12.2 Å². The predicted molar refractivity (Wildman–Crippen MR) is 45.7 cm³/mol. The molecule has 0 saturated heterocycles. The summed E-state index contributed by atoms with van der Waals surface area (Å²) in [5.41, 5.74) is 0. The monoisotopic (exact) mass is 172 g/mol. The van der Waals surface area contributed by atoms with Gasteiger partial charge in [-0.25, -0.2) is 14.8 Å². The van der Waals surface area contributed by atoms with Gasteiger partial charge < -0.3 is 9.84 Å². The van der Waals surface area contributed by atoms with Crippen molar-refractivity contribution in [1.29, 1.82) is 0 Å². The van der Waals surface area contributed by atoms with Crippen LogP contribution in [0.3, 0.4) is 0 Å². The number of hydrogen-bond acceptors (Lipinski definition) is 3. The highest BCUT2D eigenvalue weighted by Gasteiger charge is 2.07. The summed E-state index contributed by atoms with van der Waals surface area (Å²) >= 11 is 0. The number of carboxylic acids is 1. The molecule has 5 heteroatoms. The summed E-state index contributed by atoms with van der Waals surface area (Å²) in [6.07, 6.45) is 0.884. The van der Waals surface area contributed by atoms with Crippen molar-refractivity contribution in [3.05, 3.63) is 0 Å². The zero-order valence-corrected chi connectivity index (χ0v) is 7.31. The highest BCUT2D eigenvalue weighted by atomic mass is 16.5. The first-order valence-electron chi connectivity index (χ1n) is 3.44. The molecule has 0 aliphatic heterocycles. The number of amidine groups is 1. The molecular formula is C7H12N2O3. The highest BCUT2D eigenvalue weighted by molar-refractivity contribution is 6.36. The molecule has 0 aromatic rings. The second-order valence-corrected chi connectivity index (χ2v) is 1.98. The second kappa shape index (κ2) is 5.42. The Bertz CT molecular complexity index is 211. The fraction of sp³-hybridized carbons (Fsp3) is 0.571. The van der Waals surface area contributed by atoms with Crippen LogP contribution in [0.15, 0.2) is 9.98 Å². The Morgan fingerprint density at radius 3 is 2.58 bits per heavy atom. The lowest BCUT2D eigenvalue weighted by atomic mass is 10.5. The number of ether oxygens (including phenoxy) is 1. The smallest absolute Gasteiger partial charge is 0.373 e.